The molecule has 0 spiro atoms. The van der Waals surface area contributed by atoms with E-state index in [0.29, 0.717) is 11.9 Å². The quantitative estimate of drug-likeness (QED) is 0.931. The van der Waals surface area contributed by atoms with E-state index in [1.54, 1.807) is 0 Å². The van der Waals surface area contributed by atoms with Gasteiger partial charge in [0.15, 0.2) is 0 Å². The zero-order valence-corrected chi connectivity index (χ0v) is 13.7. The minimum atomic E-state index is 0.224. The molecule has 0 amide bonds. The molecule has 1 aromatic heterocycles. The van der Waals surface area contributed by atoms with Gasteiger partial charge in [0.1, 0.15) is 0 Å². The van der Waals surface area contributed by atoms with E-state index in [-0.39, 0.29) is 5.28 Å². The summed E-state index contributed by atoms with van der Waals surface area (Å²) in [7, 11) is 0. The molecule has 3 rings (SSSR count). The van der Waals surface area contributed by atoms with E-state index in [4.69, 9.17) is 11.6 Å². The van der Waals surface area contributed by atoms with Gasteiger partial charge in [-0.3, -0.25) is 0 Å². The summed E-state index contributed by atoms with van der Waals surface area (Å²) in [6, 6.07) is 6.25. The Labute approximate surface area is 135 Å². The minimum absolute atomic E-state index is 0.224. The number of nitrogens with zero attached hydrogens (tertiary/aromatic N) is 4. The molecule has 5 nitrogen and oxygen atoms in total. The second-order valence-corrected chi connectivity index (χ2v) is 6.12. The van der Waals surface area contributed by atoms with Crippen LogP contribution in [0.4, 0.5) is 17.6 Å². The van der Waals surface area contributed by atoms with E-state index in [0.717, 1.165) is 18.8 Å². The van der Waals surface area contributed by atoms with E-state index >= 15 is 0 Å². The summed E-state index contributed by atoms with van der Waals surface area (Å²) in [4.78, 5) is 15.1. The Morgan fingerprint density at radius 3 is 2.32 bits per heavy atom. The summed E-state index contributed by atoms with van der Waals surface area (Å²) < 4.78 is 0. The van der Waals surface area contributed by atoms with Crippen molar-refractivity contribution in [1.82, 2.24) is 15.0 Å². The molecule has 0 saturated carbocycles. The van der Waals surface area contributed by atoms with E-state index in [1.807, 2.05) is 0 Å². The number of aromatic nitrogens is 3. The summed E-state index contributed by atoms with van der Waals surface area (Å²) >= 11 is 6.07. The fourth-order valence-corrected chi connectivity index (χ4v) is 2.96. The van der Waals surface area contributed by atoms with Crippen LogP contribution in [0.1, 0.15) is 30.4 Å². The Kier molecular flexibility index (Phi) is 4.43. The third-order valence-corrected chi connectivity index (χ3v) is 3.88. The minimum Gasteiger partial charge on any atom is -0.341 e. The molecule has 0 unspecified atom stereocenters. The summed E-state index contributed by atoms with van der Waals surface area (Å²) in [6.07, 6.45) is 3.61. The fourth-order valence-electron chi connectivity index (χ4n) is 2.81. The zero-order chi connectivity index (χ0) is 15.5. The molecule has 0 aliphatic carbocycles. The number of rotatable bonds is 3. The molecule has 0 bridgehead atoms. The molecule has 1 aliphatic rings. The van der Waals surface area contributed by atoms with Crippen molar-refractivity contribution in [2.24, 2.45) is 0 Å². The van der Waals surface area contributed by atoms with Crippen LogP contribution in [0, 0.1) is 13.8 Å². The summed E-state index contributed by atoms with van der Waals surface area (Å²) in [5.74, 6) is 1.15. The average Bonchev–Trinajstić information content (AvgIpc) is 2.46. The predicted octanol–water partition coefficient (Wildman–Crippen LogP) is 3.88. The second kappa shape index (κ2) is 6.48. The maximum atomic E-state index is 6.07. The number of hydrogen-bond acceptors (Lipinski definition) is 5. The molecular weight excluding hydrogens is 298 g/mol. The first kappa shape index (κ1) is 15.0. The summed E-state index contributed by atoms with van der Waals surface area (Å²) in [5, 5.41) is 3.46. The number of aryl methyl sites for hydroxylation is 2. The maximum absolute atomic E-state index is 6.07. The van der Waals surface area contributed by atoms with Gasteiger partial charge in [-0.1, -0.05) is 6.07 Å². The SMILES string of the molecule is Cc1cc(C)cc(Nc2nc(Cl)nc(N3CCCCC3)n2)c1. The lowest BCUT2D eigenvalue weighted by Crippen LogP contribution is -2.31. The Balaban J connectivity index is 1.85. The van der Waals surface area contributed by atoms with Crippen LogP contribution in [0.3, 0.4) is 0 Å². The van der Waals surface area contributed by atoms with Crippen LogP contribution in [-0.2, 0) is 0 Å². The lowest BCUT2D eigenvalue weighted by atomic mass is 10.1. The van der Waals surface area contributed by atoms with Gasteiger partial charge in [0.2, 0.25) is 17.2 Å². The van der Waals surface area contributed by atoms with Crippen molar-refractivity contribution in [3.8, 4) is 0 Å². The van der Waals surface area contributed by atoms with Gasteiger partial charge in [-0.15, -0.1) is 0 Å². The van der Waals surface area contributed by atoms with Crippen LogP contribution >= 0.6 is 11.6 Å². The lowest BCUT2D eigenvalue weighted by molar-refractivity contribution is 0.567. The van der Waals surface area contributed by atoms with Crippen LogP contribution in [0.15, 0.2) is 18.2 Å². The van der Waals surface area contributed by atoms with Gasteiger partial charge in [0.05, 0.1) is 0 Å². The van der Waals surface area contributed by atoms with Gasteiger partial charge in [0, 0.05) is 18.8 Å². The zero-order valence-electron chi connectivity index (χ0n) is 12.9. The van der Waals surface area contributed by atoms with Gasteiger partial charge >= 0.3 is 0 Å². The smallest absolute Gasteiger partial charge is 0.233 e. The molecule has 1 N–H and O–H groups in total. The van der Waals surface area contributed by atoms with Crippen molar-refractivity contribution < 1.29 is 0 Å². The van der Waals surface area contributed by atoms with Crippen molar-refractivity contribution in [2.75, 3.05) is 23.3 Å². The van der Waals surface area contributed by atoms with Gasteiger partial charge < -0.3 is 10.2 Å². The number of anilines is 3. The maximum Gasteiger partial charge on any atom is 0.233 e. The van der Waals surface area contributed by atoms with Gasteiger partial charge in [-0.2, -0.15) is 15.0 Å². The molecule has 1 saturated heterocycles. The highest BCUT2D eigenvalue weighted by molar-refractivity contribution is 6.28. The van der Waals surface area contributed by atoms with Crippen LogP contribution in [0.25, 0.3) is 0 Å². The van der Waals surface area contributed by atoms with E-state index in [9.17, 15) is 0 Å². The normalized spacial score (nSPS) is 15.0. The molecule has 2 heterocycles. The highest BCUT2D eigenvalue weighted by Crippen LogP contribution is 2.21. The number of halogens is 1. The van der Waals surface area contributed by atoms with Crippen molar-refractivity contribution in [3.05, 3.63) is 34.6 Å². The molecular formula is C16H20ClN5. The van der Waals surface area contributed by atoms with Gasteiger partial charge in [-0.25, -0.2) is 0 Å². The first-order valence-corrected chi connectivity index (χ1v) is 8.00. The second-order valence-electron chi connectivity index (χ2n) is 5.78. The number of hydrogen-bond donors (Lipinski definition) is 1. The van der Waals surface area contributed by atoms with E-state index in [2.05, 4.69) is 57.2 Å². The standard InChI is InChI=1S/C16H20ClN5/c1-11-8-12(2)10-13(9-11)18-15-19-14(17)20-16(21-15)22-6-4-3-5-7-22/h8-10H,3-7H2,1-2H3,(H,18,19,20,21). The van der Waals surface area contributed by atoms with Crippen molar-refractivity contribution in [2.45, 2.75) is 33.1 Å². The highest BCUT2D eigenvalue weighted by atomic mass is 35.5. The monoisotopic (exact) mass is 317 g/mol. The first-order chi connectivity index (χ1) is 10.6. The van der Waals surface area contributed by atoms with Gasteiger partial charge in [0.25, 0.3) is 0 Å². The Morgan fingerprint density at radius 1 is 0.955 bits per heavy atom. The summed E-state index contributed by atoms with van der Waals surface area (Å²) in [6.45, 7) is 6.09. The Morgan fingerprint density at radius 2 is 1.64 bits per heavy atom. The van der Waals surface area contributed by atoms with Crippen LogP contribution < -0.4 is 10.2 Å². The topological polar surface area (TPSA) is 53.9 Å². The van der Waals surface area contributed by atoms with Crippen molar-refractivity contribution in [1.29, 1.82) is 0 Å². The molecule has 22 heavy (non-hydrogen) atoms. The van der Waals surface area contributed by atoms with Gasteiger partial charge in [-0.05, 0) is 68.0 Å². The third kappa shape index (κ3) is 3.65. The molecule has 0 atom stereocenters. The predicted molar refractivity (Wildman–Crippen MR) is 90.1 cm³/mol. The molecule has 116 valence electrons. The number of benzene rings is 1. The molecule has 2 aromatic rings. The van der Waals surface area contributed by atoms with Crippen LogP contribution in [0.2, 0.25) is 5.28 Å². The number of piperidine rings is 1. The van der Waals surface area contributed by atoms with Crippen molar-refractivity contribution >= 4 is 29.2 Å². The number of nitrogens with one attached hydrogen (secondary N) is 1. The Hall–Kier alpha value is -1.88. The molecule has 0 radical (unpaired) electrons. The largest absolute Gasteiger partial charge is 0.341 e. The average molecular weight is 318 g/mol. The lowest BCUT2D eigenvalue weighted by Gasteiger charge is -2.26. The molecule has 1 aromatic carbocycles. The summed E-state index contributed by atoms with van der Waals surface area (Å²) in [5.41, 5.74) is 3.35. The molecule has 6 heteroatoms. The fraction of sp³-hybridized carbons (Fsp3) is 0.438. The first-order valence-electron chi connectivity index (χ1n) is 7.62. The van der Waals surface area contributed by atoms with Crippen LogP contribution in [0.5, 0.6) is 0 Å². The van der Waals surface area contributed by atoms with Crippen molar-refractivity contribution in [3.63, 3.8) is 0 Å². The molecule has 1 fully saturated rings. The third-order valence-electron chi connectivity index (χ3n) is 3.71. The highest BCUT2D eigenvalue weighted by Gasteiger charge is 2.15. The van der Waals surface area contributed by atoms with E-state index in [1.165, 1.54) is 30.4 Å². The van der Waals surface area contributed by atoms with E-state index < -0.39 is 0 Å². The van der Waals surface area contributed by atoms with Crippen LogP contribution in [-0.4, -0.2) is 28.0 Å². The molecule has 1 aliphatic heterocycles. The Bertz CT molecular complexity index is 647.